The summed E-state index contributed by atoms with van der Waals surface area (Å²) >= 11 is 0.766. The third-order valence-corrected chi connectivity index (χ3v) is 11.8. The summed E-state index contributed by atoms with van der Waals surface area (Å²) in [5.74, 6) is -11.2. The zero-order chi connectivity index (χ0) is 34.8. The number of amides is 1. The molecule has 4 aliphatic rings. The van der Waals surface area contributed by atoms with Crippen LogP contribution >= 0.6 is 11.8 Å². The number of carbonyl (C=O) groups is 1. The highest BCUT2D eigenvalue weighted by Crippen LogP contribution is 2.69. The van der Waals surface area contributed by atoms with E-state index in [-0.39, 0.29) is 56.5 Å². The van der Waals surface area contributed by atoms with Crippen LogP contribution in [-0.2, 0) is 14.3 Å². The van der Waals surface area contributed by atoms with Gasteiger partial charge in [0.25, 0.3) is 11.8 Å². The number of likely N-dealkylation sites (tertiary alicyclic amines) is 1. The molecule has 48 heavy (non-hydrogen) atoms. The van der Waals surface area contributed by atoms with Crippen LogP contribution in [0.25, 0.3) is 11.3 Å². The van der Waals surface area contributed by atoms with Crippen LogP contribution in [0, 0.1) is 22.9 Å². The van der Waals surface area contributed by atoms with Gasteiger partial charge in [-0.2, -0.15) is 0 Å². The first-order valence-corrected chi connectivity index (χ1v) is 16.4. The van der Waals surface area contributed by atoms with Gasteiger partial charge in [-0.05, 0) is 37.8 Å². The predicted octanol–water partition coefficient (Wildman–Crippen LogP) is 3.69. The second-order valence-corrected chi connectivity index (χ2v) is 14.4. The van der Waals surface area contributed by atoms with Crippen molar-refractivity contribution in [3.05, 3.63) is 35.8 Å². The average Bonchev–Trinajstić information content (AvgIpc) is 3.32. The number of hydrogen-bond acceptors (Lipinski definition) is 9. The van der Waals surface area contributed by atoms with Gasteiger partial charge in [0.1, 0.15) is 40.7 Å². The monoisotopic (exact) mass is 712 g/mol. The Labute approximate surface area is 274 Å². The molecule has 1 spiro atoms. The molecule has 2 saturated heterocycles. The summed E-state index contributed by atoms with van der Waals surface area (Å²) in [5.41, 5.74) is -4.63. The first-order chi connectivity index (χ1) is 22.5. The topological polar surface area (TPSA) is 130 Å². The Hall–Kier alpha value is -2.51. The lowest BCUT2D eigenvalue weighted by atomic mass is 9.74. The van der Waals surface area contributed by atoms with E-state index in [1.54, 1.807) is 0 Å². The van der Waals surface area contributed by atoms with Gasteiger partial charge in [0, 0.05) is 50.4 Å². The minimum Gasteiger partial charge on any atom is -0.394 e. The van der Waals surface area contributed by atoms with Crippen LogP contribution in [0.15, 0.2) is 18.3 Å². The molecule has 3 N–H and O–H groups in total. The molecule has 18 heteroatoms. The molecule has 4 fully saturated rings. The van der Waals surface area contributed by atoms with Crippen molar-refractivity contribution in [2.75, 3.05) is 26.8 Å². The molecule has 1 aromatic heterocycles. The Bertz CT molecular complexity index is 1490. The first kappa shape index (κ1) is 35.3. The molecule has 266 valence electrons. The molecule has 6 rings (SSSR count). The summed E-state index contributed by atoms with van der Waals surface area (Å²) in [6, 6.07) is 0.193. The lowest BCUT2D eigenvalue weighted by Gasteiger charge is -2.47. The molecule has 2 aliphatic heterocycles. The van der Waals surface area contributed by atoms with Crippen LogP contribution in [0.3, 0.4) is 0 Å². The molecular weight excluding hydrogens is 677 g/mol. The number of nitrogens with zero attached hydrogens (tertiary/aromatic N) is 4. The molecule has 0 bridgehead atoms. The van der Waals surface area contributed by atoms with E-state index in [0.717, 1.165) is 16.4 Å². The number of carbonyl (C=O) groups excluding carboxylic acids is 1. The molecular formula is C30H35F7N4O6S. The first-order valence-electron chi connectivity index (χ1n) is 15.5. The molecule has 3 heterocycles. The van der Waals surface area contributed by atoms with E-state index in [1.165, 1.54) is 18.2 Å². The molecule has 6 atom stereocenters. The fourth-order valence-electron chi connectivity index (χ4n) is 7.10. The van der Waals surface area contributed by atoms with Crippen molar-refractivity contribution >= 4 is 17.7 Å². The summed E-state index contributed by atoms with van der Waals surface area (Å²) in [6.45, 7) is -1.33. The summed E-state index contributed by atoms with van der Waals surface area (Å²) in [4.78, 5) is 15.2. The van der Waals surface area contributed by atoms with Crippen molar-refractivity contribution in [3.63, 3.8) is 0 Å². The predicted molar refractivity (Wildman–Crippen MR) is 154 cm³/mol. The second-order valence-electron chi connectivity index (χ2n) is 13.2. The van der Waals surface area contributed by atoms with Gasteiger partial charge in [-0.3, -0.25) is 4.79 Å². The highest BCUT2D eigenvalue weighted by molar-refractivity contribution is 8.01. The molecule has 1 aromatic carbocycles. The molecule has 1 amide bonds. The SMILES string of the molecule is CO[C@@H]1[C@@H](n2cc(-c3cc(F)c(F)c(F)c3)nn2)[C@@H](O)[C@@H](CO)O[C@H]1SC(C(=O)N1CCC(F)(F)CC1)C1(O)CCC2(CC1)CC2(F)F. The smallest absolute Gasteiger partial charge is 0.254 e. The number of methoxy groups -OCH3 is 1. The van der Waals surface area contributed by atoms with Crippen molar-refractivity contribution in [1.82, 2.24) is 19.9 Å². The number of ether oxygens (including phenoxy) is 2. The number of halogens is 7. The number of thioether (sulfide) groups is 1. The van der Waals surface area contributed by atoms with Crippen LogP contribution in [0.5, 0.6) is 0 Å². The van der Waals surface area contributed by atoms with Gasteiger partial charge >= 0.3 is 0 Å². The number of hydrogen-bond donors (Lipinski definition) is 3. The fraction of sp³-hybridized carbons (Fsp3) is 0.700. The minimum atomic E-state index is -2.97. The highest BCUT2D eigenvalue weighted by Gasteiger charge is 2.72. The maximum atomic E-state index is 14.2. The summed E-state index contributed by atoms with van der Waals surface area (Å²) < 4.78 is 111. The average molecular weight is 713 g/mol. The maximum Gasteiger partial charge on any atom is 0.254 e. The van der Waals surface area contributed by atoms with E-state index in [9.17, 15) is 50.8 Å². The van der Waals surface area contributed by atoms with Crippen molar-refractivity contribution in [1.29, 1.82) is 0 Å². The third kappa shape index (κ3) is 6.32. The van der Waals surface area contributed by atoms with Crippen molar-refractivity contribution < 1.29 is 60.3 Å². The molecule has 2 saturated carbocycles. The largest absolute Gasteiger partial charge is 0.394 e. The lowest BCUT2D eigenvalue weighted by Crippen LogP contribution is -2.59. The van der Waals surface area contributed by atoms with Gasteiger partial charge in [-0.15, -0.1) is 16.9 Å². The number of aliphatic hydroxyl groups excluding tert-OH is 2. The molecule has 2 aromatic rings. The van der Waals surface area contributed by atoms with E-state index < -0.39 is 101 Å². The maximum absolute atomic E-state index is 14.2. The van der Waals surface area contributed by atoms with E-state index in [0.29, 0.717) is 12.1 Å². The molecule has 1 unspecified atom stereocenters. The number of piperidine rings is 1. The zero-order valence-electron chi connectivity index (χ0n) is 25.7. The van der Waals surface area contributed by atoms with E-state index in [4.69, 9.17) is 9.47 Å². The van der Waals surface area contributed by atoms with Gasteiger partial charge in [-0.25, -0.2) is 35.4 Å². The van der Waals surface area contributed by atoms with Gasteiger partial charge < -0.3 is 29.7 Å². The number of benzene rings is 1. The third-order valence-electron chi connectivity index (χ3n) is 10.3. The Morgan fingerprint density at radius 2 is 1.69 bits per heavy atom. The van der Waals surface area contributed by atoms with Crippen LogP contribution in [0.1, 0.15) is 51.0 Å². The van der Waals surface area contributed by atoms with Crippen molar-refractivity contribution in [3.8, 4) is 11.3 Å². The summed E-state index contributed by atoms with van der Waals surface area (Å²) in [6.07, 6.45) is -4.83. The molecule has 10 nitrogen and oxygen atoms in total. The van der Waals surface area contributed by atoms with Gasteiger partial charge in [0.05, 0.1) is 18.4 Å². The standard InChI is InChI=1S/C30H35F7N4O6S/c1-46-23-21(41-12-18(38-39-41)15-10-16(31)20(33)17(32)11-15)22(43)19(13-42)47-26(23)48-24(25(44)40-8-6-29(34,35)7-9-40)28(45)4-2-27(3-5-28)14-30(27,36)37/h10-12,19,21-24,26,42-43,45H,2-9,13-14H2,1H3/t19-,21+,22+,23-,24?,26+,27?,28?/m1/s1. The van der Waals surface area contributed by atoms with E-state index in [2.05, 4.69) is 10.3 Å². The number of alkyl halides is 4. The number of rotatable bonds is 8. The Morgan fingerprint density at radius 3 is 2.23 bits per heavy atom. The Morgan fingerprint density at radius 1 is 1.08 bits per heavy atom. The molecule has 2 aliphatic carbocycles. The lowest BCUT2D eigenvalue weighted by molar-refractivity contribution is -0.186. The van der Waals surface area contributed by atoms with E-state index >= 15 is 0 Å². The number of aromatic nitrogens is 3. The van der Waals surface area contributed by atoms with Crippen molar-refractivity contribution in [2.45, 2.75) is 97.4 Å². The zero-order valence-corrected chi connectivity index (χ0v) is 26.5. The minimum absolute atomic E-state index is 0.0644. The van der Waals surface area contributed by atoms with Gasteiger partial charge in [0.2, 0.25) is 5.91 Å². The van der Waals surface area contributed by atoms with Gasteiger partial charge in [0.15, 0.2) is 17.5 Å². The molecule has 0 radical (unpaired) electrons. The second kappa shape index (κ2) is 12.7. The summed E-state index contributed by atoms with van der Waals surface area (Å²) in [5, 5.41) is 39.7. The van der Waals surface area contributed by atoms with Crippen LogP contribution in [0.4, 0.5) is 30.7 Å². The fourth-order valence-corrected chi connectivity index (χ4v) is 8.75. The number of aliphatic hydroxyl groups is 3. The summed E-state index contributed by atoms with van der Waals surface area (Å²) in [7, 11) is 1.25. The van der Waals surface area contributed by atoms with Crippen molar-refractivity contribution in [2.24, 2.45) is 5.41 Å². The highest BCUT2D eigenvalue weighted by atomic mass is 32.2. The normalized spacial score (nSPS) is 35.1. The van der Waals surface area contributed by atoms with E-state index in [1.807, 2.05) is 0 Å². The van der Waals surface area contributed by atoms with Crippen LogP contribution < -0.4 is 0 Å². The van der Waals surface area contributed by atoms with Gasteiger partial charge in [-0.1, -0.05) is 5.21 Å². The quantitative estimate of drug-likeness (QED) is 0.277. The Balaban J connectivity index is 1.30. The van der Waals surface area contributed by atoms with Crippen LogP contribution in [-0.4, -0.2) is 114 Å². The van der Waals surface area contributed by atoms with Crippen LogP contribution in [0.2, 0.25) is 0 Å². The Kier molecular flexibility index (Phi) is 9.32.